The summed E-state index contributed by atoms with van der Waals surface area (Å²) in [4.78, 5) is 46.2. The van der Waals surface area contributed by atoms with E-state index in [0.29, 0.717) is 25.1 Å². The van der Waals surface area contributed by atoms with Gasteiger partial charge in [0.15, 0.2) is 5.69 Å². The zero-order valence-electron chi connectivity index (χ0n) is 17.2. The molecule has 160 valence electrons. The highest BCUT2D eigenvalue weighted by Crippen LogP contribution is 2.24. The van der Waals surface area contributed by atoms with Gasteiger partial charge < -0.3 is 15.4 Å². The Morgan fingerprint density at radius 1 is 1.37 bits per heavy atom. The lowest BCUT2D eigenvalue weighted by molar-refractivity contribution is 0.0983. The van der Waals surface area contributed by atoms with E-state index in [1.54, 1.807) is 30.8 Å². The van der Waals surface area contributed by atoms with Gasteiger partial charge in [0.2, 0.25) is 0 Å². The molecule has 0 aliphatic carbocycles. The molecule has 0 atom stereocenters. The molecule has 0 aliphatic heterocycles. The van der Waals surface area contributed by atoms with Crippen molar-refractivity contribution in [2.45, 2.75) is 26.8 Å². The number of thiazole rings is 1. The van der Waals surface area contributed by atoms with Crippen LogP contribution in [0.1, 0.15) is 30.6 Å². The Bertz CT molecular complexity index is 1160. The Morgan fingerprint density at radius 3 is 2.83 bits per heavy atom. The largest absolute Gasteiger partial charge is 0.385 e. The maximum atomic E-state index is 13.4. The first-order valence-corrected chi connectivity index (χ1v) is 10.5. The monoisotopic (exact) mass is 431 g/mol. The second kappa shape index (κ2) is 9.23. The maximum Gasteiger partial charge on any atom is 0.330 e. The molecule has 0 saturated heterocycles. The zero-order valence-corrected chi connectivity index (χ0v) is 18.0. The molecule has 1 aromatic carbocycles. The minimum Gasteiger partial charge on any atom is -0.385 e. The maximum absolute atomic E-state index is 13.4. The summed E-state index contributed by atoms with van der Waals surface area (Å²) in [5.41, 5.74) is 7.84. The Kier molecular flexibility index (Phi) is 6.68. The van der Waals surface area contributed by atoms with E-state index in [9.17, 15) is 14.4 Å². The van der Waals surface area contributed by atoms with Crippen LogP contribution in [0.3, 0.4) is 0 Å². The van der Waals surface area contributed by atoms with Crippen molar-refractivity contribution in [3.8, 4) is 0 Å². The number of aromatic nitrogens is 3. The van der Waals surface area contributed by atoms with Crippen molar-refractivity contribution in [3.63, 3.8) is 0 Å². The third-order valence-electron chi connectivity index (χ3n) is 4.59. The number of benzene rings is 1. The fraction of sp³-hybridized carbons (Fsp3) is 0.400. The van der Waals surface area contributed by atoms with Crippen molar-refractivity contribution >= 4 is 39.0 Å². The van der Waals surface area contributed by atoms with E-state index in [0.717, 1.165) is 10.2 Å². The molecule has 0 radical (unpaired) electrons. The number of ether oxygens (including phenoxy) is 1. The highest BCUT2D eigenvalue weighted by Gasteiger charge is 2.25. The quantitative estimate of drug-likeness (QED) is 0.526. The van der Waals surface area contributed by atoms with Crippen LogP contribution in [0.2, 0.25) is 0 Å². The minimum absolute atomic E-state index is 0.0258. The third kappa shape index (κ3) is 4.44. The molecule has 0 saturated carbocycles. The lowest BCUT2D eigenvalue weighted by Gasteiger charge is -2.25. The van der Waals surface area contributed by atoms with E-state index in [1.165, 1.54) is 20.8 Å². The molecule has 0 fully saturated rings. The first-order chi connectivity index (χ1) is 14.3. The number of hydrogen-bond acceptors (Lipinski definition) is 7. The Morgan fingerprint density at radius 2 is 2.13 bits per heavy atom. The summed E-state index contributed by atoms with van der Waals surface area (Å²) in [6.07, 6.45) is 0.493. The van der Waals surface area contributed by atoms with Crippen LogP contribution in [-0.2, 0) is 11.3 Å². The van der Waals surface area contributed by atoms with Crippen molar-refractivity contribution in [2.24, 2.45) is 5.92 Å². The first-order valence-electron chi connectivity index (χ1n) is 9.60. The van der Waals surface area contributed by atoms with Gasteiger partial charge in [-0.1, -0.05) is 13.8 Å². The molecule has 3 rings (SSSR count). The second-order valence-corrected chi connectivity index (χ2v) is 8.22. The lowest BCUT2D eigenvalue weighted by atomic mass is 10.1. The number of fused-ring (bicyclic) bond motifs is 1. The number of carbonyl (C=O) groups is 1. The number of hydrogen-bond donors (Lipinski definition) is 2. The third-order valence-corrected chi connectivity index (χ3v) is 5.38. The Hall–Kier alpha value is -2.98. The number of nitrogens with two attached hydrogens (primary N) is 1. The molecular weight excluding hydrogens is 406 g/mol. The summed E-state index contributed by atoms with van der Waals surface area (Å²) in [6, 6.07) is 5.18. The van der Waals surface area contributed by atoms with E-state index in [4.69, 9.17) is 10.5 Å². The topological polar surface area (TPSA) is 123 Å². The van der Waals surface area contributed by atoms with Crippen molar-refractivity contribution < 1.29 is 9.53 Å². The van der Waals surface area contributed by atoms with Gasteiger partial charge in [0, 0.05) is 32.4 Å². The number of nitrogen functional groups attached to an aromatic ring is 1. The van der Waals surface area contributed by atoms with Crippen LogP contribution in [0.4, 0.5) is 11.5 Å². The van der Waals surface area contributed by atoms with Crippen molar-refractivity contribution in [3.05, 3.63) is 50.1 Å². The average Bonchev–Trinajstić information content (AvgIpc) is 3.17. The zero-order chi connectivity index (χ0) is 21.8. The van der Waals surface area contributed by atoms with Gasteiger partial charge in [-0.3, -0.25) is 19.1 Å². The Labute approximate surface area is 177 Å². The number of methoxy groups -OCH3 is 1. The SMILES string of the molecule is COCCCN(C(=O)c1ccc2ncsc2c1)c1c(N)n(CC(C)C)c(=O)[nH]c1=O. The van der Waals surface area contributed by atoms with E-state index in [2.05, 4.69) is 9.97 Å². The number of amides is 1. The van der Waals surface area contributed by atoms with E-state index in [1.807, 2.05) is 13.8 Å². The molecule has 2 heterocycles. The van der Waals surface area contributed by atoms with Gasteiger partial charge in [-0.25, -0.2) is 9.78 Å². The fourth-order valence-corrected chi connectivity index (χ4v) is 3.93. The summed E-state index contributed by atoms with van der Waals surface area (Å²) in [5, 5.41) is 0. The average molecular weight is 432 g/mol. The van der Waals surface area contributed by atoms with Gasteiger partial charge in [-0.15, -0.1) is 11.3 Å². The molecule has 2 aromatic heterocycles. The summed E-state index contributed by atoms with van der Waals surface area (Å²) < 4.78 is 7.26. The predicted molar refractivity (Wildman–Crippen MR) is 118 cm³/mol. The highest BCUT2D eigenvalue weighted by molar-refractivity contribution is 7.16. The van der Waals surface area contributed by atoms with Crippen LogP contribution >= 0.6 is 11.3 Å². The van der Waals surface area contributed by atoms with Gasteiger partial charge in [-0.05, 0) is 30.5 Å². The number of nitrogens with one attached hydrogen (secondary N) is 1. The van der Waals surface area contributed by atoms with Gasteiger partial charge in [0.1, 0.15) is 5.82 Å². The minimum atomic E-state index is -0.692. The molecule has 0 aliphatic rings. The van der Waals surface area contributed by atoms with Crippen molar-refractivity contribution in [2.75, 3.05) is 30.9 Å². The Balaban J connectivity index is 2.10. The second-order valence-electron chi connectivity index (χ2n) is 7.34. The van der Waals surface area contributed by atoms with Crippen LogP contribution < -0.4 is 21.9 Å². The van der Waals surface area contributed by atoms with Gasteiger partial charge in [-0.2, -0.15) is 0 Å². The van der Waals surface area contributed by atoms with Crippen LogP contribution in [0.25, 0.3) is 10.2 Å². The smallest absolute Gasteiger partial charge is 0.330 e. The van der Waals surface area contributed by atoms with Gasteiger partial charge >= 0.3 is 5.69 Å². The van der Waals surface area contributed by atoms with Crippen LogP contribution in [0, 0.1) is 5.92 Å². The summed E-state index contributed by atoms with van der Waals surface area (Å²) in [5.74, 6) is -0.287. The van der Waals surface area contributed by atoms with Crippen LogP contribution in [-0.4, -0.2) is 40.7 Å². The number of carbonyl (C=O) groups excluding carboxylic acids is 1. The molecule has 0 unspecified atom stereocenters. The summed E-state index contributed by atoms with van der Waals surface area (Å²) in [6.45, 7) is 4.80. The molecule has 1 amide bonds. The van der Waals surface area contributed by atoms with Crippen molar-refractivity contribution in [1.82, 2.24) is 14.5 Å². The first kappa shape index (κ1) is 21.7. The fourth-order valence-electron chi connectivity index (χ4n) is 3.21. The standard InChI is InChI=1S/C20H25N5O4S/c1-12(2)10-25-17(21)16(18(26)23-20(25)28)24(7-4-8-29-3)19(27)13-5-6-14-15(9-13)30-11-22-14/h5-6,9,11-12H,4,7-8,10,21H2,1-3H3,(H,23,26,28). The van der Waals surface area contributed by atoms with E-state index >= 15 is 0 Å². The molecule has 9 nitrogen and oxygen atoms in total. The number of H-pyrrole nitrogens is 1. The number of rotatable bonds is 8. The van der Waals surface area contributed by atoms with Crippen LogP contribution in [0.15, 0.2) is 33.3 Å². The molecule has 0 spiro atoms. The molecule has 0 bridgehead atoms. The number of anilines is 2. The van der Waals surface area contributed by atoms with E-state index < -0.39 is 11.2 Å². The van der Waals surface area contributed by atoms with Gasteiger partial charge in [0.25, 0.3) is 11.5 Å². The highest BCUT2D eigenvalue weighted by atomic mass is 32.1. The molecular formula is C20H25N5O4S. The van der Waals surface area contributed by atoms with Crippen molar-refractivity contribution in [1.29, 1.82) is 0 Å². The predicted octanol–water partition coefficient (Wildman–Crippen LogP) is 2.07. The summed E-state index contributed by atoms with van der Waals surface area (Å²) >= 11 is 1.43. The van der Waals surface area contributed by atoms with Gasteiger partial charge in [0.05, 0.1) is 15.7 Å². The molecule has 10 heteroatoms. The lowest BCUT2D eigenvalue weighted by Crippen LogP contribution is -2.42. The normalized spacial score (nSPS) is 11.3. The number of nitrogens with zero attached hydrogens (tertiary/aromatic N) is 3. The molecule has 3 N–H and O–H groups in total. The number of aromatic amines is 1. The van der Waals surface area contributed by atoms with Crippen LogP contribution in [0.5, 0.6) is 0 Å². The molecule has 3 aromatic rings. The van der Waals surface area contributed by atoms with E-state index in [-0.39, 0.29) is 29.9 Å². The molecule has 30 heavy (non-hydrogen) atoms. The summed E-state index contributed by atoms with van der Waals surface area (Å²) in [7, 11) is 1.56.